The number of hydrogen-bond donors (Lipinski definition) is 0. The molecule has 0 saturated carbocycles. The van der Waals surface area contributed by atoms with Crippen molar-refractivity contribution >= 4 is 11.9 Å². The van der Waals surface area contributed by atoms with Gasteiger partial charge >= 0.3 is 11.9 Å². The molecule has 0 aliphatic carbocycles. The van der Waals surface area contributed by atoms with Crippen LogP contribution in [0.25, 0.3) is 0 Å². The molecule has 0 N–H and O–H groups in total. The molecule has 0 aromatic heterocycles. The first-order valence-corrected chi connectivity index (χ1v) is 10.9. The zero-order chi connectivity index (χ0) is 18.3. The van der Waals surface area contributed by atoms with Crippen molar-refractivity contribution in [1.82, 2.24) is 0 Å². The maximum Gasteiger partial charge on any atom is 0.317 e. The van der Waals surface area contributed by atoms with Crippen LogP contribution in [-0.4, -0.2) is 11.9 Å². The SMILES string of the molecule is CCCCCCCCCCCCC(CC)CCCC1CC(=O)OC1=O. The Balaban J connectivity index is 1.94. The highest BCUT2D eigenvalue weighted by Gasteiger charge is 2.32. The minimum absolute atomic E-state index is 0.165. The number of ether oxygens (including phenoxy) is 1. The number of cyclic esters (lactones) is 2. The van der Waals surface area contributed by atoms with E-state index in [1.807, 2.05) is 0 Å². The molecule has 1 aliphatic rings. The highest BCUT2D eigenvalue weighted by atomic mass is 16.6. The predicted molar refractivity (Wildman–Crippen MR) is 103 cm³/mol. The zero-order valence-corrected chi connectivity index (χ0v) is 16.7. The molecule has 3 heteroatoms. The number of hydrogen-bond acceptors (Lipinski definition) is 3. The van der Waals surface area contributed by atoms with Crippen LogP contribution in [0.2, 0.25) is 0 Å². The summed E-state index contributed by atoms with van der Waals surface area (Å²) in [5.41, 5.74) is 0. The minimum Gasteiger partial charge on any atom is -0.393 e. The highest BCUT2D eigenvalue weighted by Crippen LogP contribution is 2.26. The van der Waals surface area contributed by atoms with Gasteiger partial charge in [0.25, 0.3) is 0 Å². The molecule has 0 radical (unpaired) electrons. The fourth-order valence-corrected chi connectivity index (χ4v) is 3.87. The number of carbonyl (C=O) groups excluding carboxylic acids is 2. The summed E-state index contributed by atoms with van der Waals surface area (Å²) in [5.74, 6) is -0.0235. The summed E-state index contributed by atoms with van der Waals surface area (Å²) in [4.78, 5) is 22.5. The average Bonchev–Trinajstić information content (AvgIpc) is 2.92. The highest BCUT2D eigenvalue weighted by molar-refractivity contribution is 5.94. The van der Waals surface area contributed by atoms with Gasteiger partial charge in [-0.15, -0.1) is 0 Å². The third kappa shape index (κ3) is 10.7. The third-order valence-corrected chi connectivity index (χ3v) is 5.67. The molecule has 1 saturated heterocycles. The van der Waals surface area contributed by atoms with E-state index in [4.69, 9.17) is 0 Å². The Morgan fingerprint density at radius 3 is 1.92 bits per heavy atom. The molecule has 3 nitrogen and oxygen atoms in total. The van der Waals surface area contributed by atoms with Gasteiger partial charge in [0.2, 0.25) is 0 Å². The summed E-state index contributed by atoms with van der Waals surface area (Å²) in [6, 6.07) is 0. The van der Waals surface area contributed by atoms with Crippen LogP contribution in [0.1, 0.15) is 117 Å². The lowest BCUT2D eigenvalue weighted by molar-refractivity contribution is -0.153. The summed E-state index contributed by atoms with van der Waals surface area (Å²) >= 11 is 0. The first kappa shape index (κ1) is 22.2. The molecule has 2 unspecified atom stereocenters. The normalized spacial score (nSPS) is 18.6. The van der Waals surface area contributed by atoms with Gasteiger partial charge in [0.1, 0.15) is 0 Å². The van der Waals surface area contributed by atoms with Crippen LogP contribution in [0.15, 0.2) is 0 Å². The molecule has 1 aliphatic heterocycles. The zero-order valence-electron chi connectivity index (χ0n) is 16.7. The molecule has 0 aromatic carbocycles. The predicted octanol–water partition coefficient (Wildman–Crippen LogP) is 6.58. The molecular weight excluding hydrogens is 312 g/mol. The van der Waals surface area contributed by atoms with E-state index < -0.39 is 0 Å². The first-order valence-electron chi connectivity index (χ1n) is 10.9. The largest absolute Gasteiger partial charge is 0.393 e. The van der Waals surface area contributed by atoms with Gasteiger partial charge in [0.15, 0.2) is 0 Å². The van der Waals surface area contributed by atoms with E-state index in [2.05, 4.69) is 18.6 Å². The minimum atomic E-state index is -0.340. The van der Waals surface area contributed by atoms with Gasteiger partial charge in [-0.25, -0.2) is 0 Å². The van der Waals surface area contributed by atoms with Crippen LogP contribution in [-0.2, 0) is 14.3 Å². The van der Waals surface area contributed by atoms with Crippen molar-refractivity contribution in [3.8, 4) is 0 Å². The van der Waals surface area contributed by atoms with Crippen molar-refractivity contribution in [3.63, 3.8) is 0 Å². The molecule has 0 spiro atoms. The quantitative estimate of drug-likeness (QED) is 0.179. The van der Waals surface area contributed by atoms with Crippen molar-refractivity contribution < 1.29 is 14.3 Å². The smallest absolute Gasteiger partial charge is 0.317 e. The topological polar surface area (TPSA) is 43.4 Å². The summed E-state index contributed by atoms with van der Waals surface area (Å²) in [6.45, 7) is 4.54. The maximum absolute atomic E-state index is 11.5. The second-order valence-electron chi connectivity index (χ2n) is 7.87. The Morgan fingerprint density at radius 2 is 1.40 bits per heavy atom. The molecule has 1 heterocycles. The Hall–Kier alpha value is -0.860. The molecule has 0 aromatic rings. The van der Waals surface area contributed by atoms with E-state index in [0.29, 0.717) is 6.42 Å². The van der Waals surface area contributed by atoms with Gasteiger partial charge in [-0.3, -0.25) is 9.59 Å². The molecule has 2 atom stereocenters. The Kier molecular flexibility index (Phi) is 12.7. The van der Waals surface area contributed by atoms with Crippen LogP contribution >= 0.6 is 0 Å². The van der Waals surface area contributed by atoms with E-state index in [1.165, 1.54) is 83.5 Å². The van der Waals surface area contributed by atoms with Gasteiger partial charge < -0.3 is 4.74 Å². The number of rotatable bonds is 16. The molecule has 146 valence electrons. The number of unbranched alkanes of at least 4 members (excludes halogenated alkanes) is 9. The summed E-state index contributed by atoms with van der Waals surface area (Å²) in [5, 5.41) is 0. The Bertz CT molecular complexity index is 364. The van der Waals surface area contributed by atoms with Crippen molar-refractivity contribution in [2.45, 2.75) is 117 Å². The summed E-state index contributed by atoms with van der Waals surface area (Å²) < 4.78 is 4.62. The van der Waals surface area contributed by atoms with Crippen LogP contribution in [0.5, 0.6) is 0 Å². The fourth-order valence-electron chi connectivity index (χ4n) is 3.87. The van der Waals surface area contributed by atoms with E-state index >= 15 is 0 Å². The average molecular weight is 353 g/mol. The lowest BCUT2D eigenvalue weighted by Gasteiger charge is -2.15. The fraction of sp³-hybridized carbons (Fsp3) is 0.909. The molecule has 1 fully saturated rings. The second kappa shape index (κ2) is 14.3. The first-order chi connectivity index (χ1) is 12.2. The van der Waals surface area contributed by atoms with E-state index in [-0.39, 0.29) is 17.9 Å². The molecular formula is C22H40O3. The van der Waals surface area contributed by atoms with Crippen LogP contribution < -0.4 is 0 Å². The van der Waals surface area contributed by atoms with Gasteiger partial charge in [-0.2, -0.15) is 0 Å². The van der Waals surface area contributed by atoms with Crippen LogP contribution in [0.4, 0.5) is 0 Å². The standard InChI is InChI=1S/C22H40O3/c1-3-5-6-7-8-9-10-11-12-13-15-19(4-2)16-14-17-20-18-21(23)25-22(20)24/h19-20H,3-18H2,1-2H3. The van der Waals surface area contributed by atoms with Gasteiger partial charge in [-0.05, 0) is 12.3 Å². The molecule has 0 amide bonds. The van der Waals surface area contributed by atoms with Gasteiger partial charge in [-0.1, -0.05) is 104 Å². The maximum atomic E-state index is 11.5. The van der Waals surface area contributed by atoms with Crippen molar-refractivity contribution in [2.24, 2.45) is 11.8 Å². The van der Waals surface area contributed by atoms with Crippen LogP contribution in [0, 0.1) is 11.8 Å². The van der Waals surface area contributed by atoms with Gasteiger partial charge in [0.05, 0.1) is 12.3 Å². The third-order valence-electron chi connectivity index (χ3n) is 5.67. The molecule has 1 rings (SSSR count). The Morgan fingerprint density at radius 1 is 0.840 bits per heavy atom. The lowest BCUT2D eigenvalue weighted by atomic mass is 9.90. The van der Waals surface area contributed by atoms with E-state index in [0.717, 1.165) is 18.8 Å². The number of esters is 2. The second-order valence-corrected chi connectivity index (χ2v) is 7.87. The van der Waals surface area contributed by atoms with Crippen molar-refractivity contribution in [2.75, 3.05) is 0 Å². The van der Waals surface area contributed by atoms with E-state index in [1.54, 1.807) is 0 Å². The summed E-state index contributed by atoms with van der Waals surface area (Å²) in [6.07, 6.45) is 19.8. The molecule has 25 heavy (non-hydrogen) atoms. The molecule has 0 bridgehead atoms. The number of carbonyl (C=O) groups is 2. The van der Waals surface area contributed by atoms with Crippen molar-refractivity contribution in [3.05, 3.63) is 0 Å². The Labute approximate surface area is 155 Å². The van der Waals surface area contributed by atoms with Crippen LogP contribution in [0.3, 0.4) is 0 Å². The van der Waals surface area contributed by atoms with Gasteiger partial charge in [0, 0.05) is 0 Å². The monoisotopic (exact) mass is 352 g/mol. The summed E-state index contributed by atoms with van der Waals surface area (Å²) in [7, 11) is 0. The lowest BCUT2D eigenvalue weighted by Crippen LogP contribution is -2.08. The van der Waals surface area contributed by atoms with E-state index in [9.17, 15) is 9.59 Å². The van der Waals surface area contributed by atoms with Crippen molar-refractivity contribution in [1.29, 1.82) is 0 Å².